The SMILES string of the molecule is CCc1ccc(CN(C)[C@H]2CCCc3c2cnn3C)o1. The lowest BCUT2D eigenvalue weighted by atomic mass is 9.92. The lowest BCUT2D eigenvalue weighted by Crippen LogP contribution is -2.27. The van der Waals surface area contributed by atoms with Gasteiger partial charge in [-0.3, -0.25) is 9.58 Å². The first-order valence-corrected chi connectivity index (χ1v) is 7.47. The molecule has 1 aliphatic rings. The Morgan fingerprint density at radius 3 is 2.95 bits per heavy atom. The molecule has 0 bridgehead atoms. The molecule has 108 valence electrons. The van der Waals surface area contributed by atoms with E-state index in [1.54, 1.807) is 0 Å². The van der Waals surface area contributed by atoms with Crippen LogP contribution in [0.4, 0.5) is 0 Å². The molecule has 0 saturated heterocycles. The number of hydrogen-bond acceptors (Lipinski definition) is 3. The normalized spacial score (nSPS) is 18.5. The molecule has 0 radical (unpaired) electrons. The summed E-state index contributed by atoms with van der Waals surface area (Å²) in [7, 11) is 4.22. The summed E-state index contributed by atoms with van der Waals surface area (Å²) in [5.41, 5.74) is 2.78. The van der Waals surface area contributed by atoms with Crippen LogP contribution in [-0.2, 0) is 26.4 Å². The zero-order valence-electron chi connectivity index (χ0n) is 12.6. The number of furan rings is 1. The molecule has 1 atom stereocenters. The third kappa shape index (κ3) is 2.40. The largest absolute Gasteiger partial charge is 0.465 e. The van der Waals surface area contributed by atoms with E-state index in [4.69, 9.17) is 4.42 Å². The highest BCUT2D eigenvalue weighted by atomic mass is 16.3. The van der Waals surface area contributed by atoms with Crippen LogP contribution in [0.5, 0.6) is 0 Å². The second kappa shape index (κ2) is 5.44. The van der Waals surface area contributed by atoms with Crippen molar-refractivity contribution in [3.8, 4) is 0 Å². The average Bonchev–Trinajstić information content (AvgIpc) is 3.06. The van der Waals surface area contributed by atoms with Gasteiger partial charge in [0.25, 0.3) is 0 Å². The Hall–Kier alpha value is -1.55. The third-order valence-corrected chi connectivity index (χ3v) is 4.35. The van der Waals surface area contributed by atoms with Crippen LogP contribution in [0.3, 0.4) is 0 Å². The van der Waals surface area contributed by atoms with Gasteiger partial charge in [-0.1, -0.05) is 6.92 Å². The monoisotopic (exact) mass is 273 g/mol. The van der Waals surface area contributed by atoms with Crippen molar-refractivity contribution >= 4 is 0 Å². The van der Waals surface area contributed by atoms with Crippen molar-refractivity contribution in [2.75, 3.05) is 7.05 Å². The summed E-state index contributed by atoms with van der Waals surface area (Å²) in [6, 6.07) is 4.64. The Bertz CT molecular complexity index is 584. The van der Waals surface area contributed by atoms with E-state index in [-0.39, 0.29) is 0 Å². The molecule has 0 aliphatic heterocycles. The van der Waals surface area contributed by atoms with Gasteiger partial charge >= 0.3 is 0 Å². The molecule has 1 aliphatic carbocycles. The number of fused-ring (bicyclic) bond motifs is 1. The molecule has 0 N–H and O–H groups in total. The van der Waals surface area contributed by atoms with Crippen LogP contribution in [0.15, 0.2) is 22.7 Å². The maximum Gasteiger partial charge on any atom is 0.118 e. The fourth-order valence-electron chi connectivity index (χ4n) is 3.19. The lowest BCUT2D eigenvalue weighted by molar-refractivity contribution is 0.196. The van der Waals surface area contributed by atoms with Crippen molar-refractivity contribution in [2.45, 2.75) is 45.2 Å². The first-order valence-electron chi connectivity index (χ1n) is 7.47. The summed E-state index contributed by atoms with van der Waals surface area (Å²) in [6.07, 6.45) is 6.59. The van der Waals surface area contributed by atoms with E-state index in [0.29, 0.717) is 6.04 Å². The Labute approximate surface area is 120 Å². The van der Waals surface area contributed by atoms with Gasteiger partial charge in [0.15, 0.2) is 0 Å². The van der Waals surface area contributed by atoms with E-state index >= 15 is 0 Å². The second-order valence-corrected chi connectivity index (χ2v) is 5.71. The van der Waals surface area contributed by atoms with Gasteiger partial charge in [0.1, 0.15) is 11.5 Å². The van der Waals surface area contributed by atoms with Gasteiger partial charge in [0.05, 0.1) is 12.7 Å². The highest BCUT2D eigenvalue weighted by molar-refractivity contribution is 5.25. The Kier molecular flexibility index (Phi) is 3.66. The smallest absolute Gasteiger partial charge is 0.118 e. The first-order chi connectivity index (χ1) is 9.69. The number of aromatic nitrogens is 2. The summed E-state index contributed by atoms with van der Waals surface area (Å²) in [5, 5.41) is 4.42. The number of rotatable bonds is 4. The third-order valence-electron chi connectivity index (χ3n) is 4.35. The Balaban J connectivity index is 1.76. The van der Waals surface area contributed by atoms with E-state index in [0.717, 1.165) is 30.9 Å². The minimum absolute atomic E-state index is 0.461. The molecule has 3 rings (SSSR count). The molecule has 0 saturated carbocycles. The summed E-state index contributed by atoms with van der Waals surface area (Å²) >= 11 is 0. The highest BCUT2D eigenvalue weighted by Gasteiger charge is 2.26. The van der Waals surface area contributed by atoms with Crippen LogP contribution >= 0.6 is 0 Å². The van der Waals surface area contributed by atoms with Gasteiger partial charge < -0.3 is 4.42 Å². The van der Waals surface area contributed by atoms with Crippen molar-refractivity contribution in [3.05, 3.63) is 41.1 Å². The fraction of sp³-hybridized carbons (Fsp3) is 0.562. The maximum atomic E-state index is 5.82. The van der Waals surface area contributed by atoms with Crippen LogP contribution < -0.4 is 0 Å². The van der Waals surface area contributed by atoms with Gasteiger partial charge in [-0.15, -0.1) is 0 Å². The quantitative estimate of drug-likeness (QED) is 0.858. The van der Waals surface area contributed by atoms with Crippen LogP contribution in [0, 0.1) is 0 Å². The molecule has 0 spiro atoms. The van der Waals surface area contributed by atoms with E-state index in [1.807, 2.05) is 17.9 Å². The fourth-order valence-corrected chi connectivity index (χ4v) is 3.19. The molecule has 0 fully saturated rings. The molecule has 0 aromatic carbocycles. The zero-order valence-corrected chi connectivity index (χ0v) is 12.6. The molecule has 2 heterocycles. The summed E-state index contributed by atoms with van der Waals surface area (Å²) in [6.45, 7) is 2.98. The van der Waals surface area contributed by atoms with Crippen LogP contribution in [0.25, 0.3) is 0 Å². The topological polar surface area (TPSA) is 34.2 Å². The Morgan fingerprint density at radius 2 is 2.20 bits per heavy atom. The predicted octanol–water partition coefficient (Wildman–Crippen LogP) is 3.08. The summed E-state index contributed by atoms with van der Waals surface area (Å²) in [5.74, 6) is 2.12. The number of aryl methyl sites for hydroxylation is 2. The maximum absolute atomic E-state index is 5.82. The van der Waals surface area contributed by atoms with Crippen LogP contribution in [0.1, 0.15) is 48.6 Å². The second-order valence-electron chi connectivity index (χ2n) is 5.71. The molecule has 0 amide bonds. The van der Waals surface area contributed by atoms with Gasteiger partial charge in [0, 0.05) is 30.8 Å². The van der Waals surface area contributed by atoms with E-state index in [2.05, 4.69) is 36.1 Å². The number of nitrogens with zero attached hydrogens (tertiary/aromatic N) is 3. The first kappa shape index (κ1) is 13.4. The minimum atomic E-state index is 0.461. The standard InChI is InChI=1S/C16H23N3O/c1-4-12-8-9-13(20-12)11-18(2)15-6-5-7-16-14(15)10-17-19(16)3/h8-10,15H,4-7,11H2,1-3H3/t15-/m0/s1. The summed E-state index contributed by atoms with van der Waals surface area (Å²) in [4.78, 5) is 2.39. The molecule has 0 unspecified atom stereocenters. The van der Waals surface area contributed by atoms with Gasteiger partial charge in [0.2, 0.25) is 0 Å². The minimum Gasteiger partial charge on any atom is -0.465 e. The van der Waals surface area contributed by atoms with Crippen molar-refractivity contribution in [2.24, 2.45) is 7.05 Å². The molecule has 2 aromatic rings. The van der Waals surface area contributed by atoms with Gasteiger partial charge in [-0.05, 0) is 38.4 Å². The van der Waals surface area contributed by atoms with Crippen molar-refractivity contribution in [3.63, 3.8) is 0 Å². The van der Waals surface area contributed by atoms with E-state index < -0.39 is 0 Å². The van der Waals surface area contributed by atoms with E-state index in [1.165, 1.54) is 24.1 Å². The van der Waals surface area contributed by atoms with Gasteiger partial charge in [-0.2, -0.15) is 5.10 Å². The van der Waals surface area contributed by atoms with Crippen molar-refractivity contribution in [1.82, 2.24) is 14.7 Å². The molecule has 20 heavy (non-hydrogen) atoms. The van der Waals surface area contributed by atoms with Gasteiger partial charge in [-0.25, -0.2) is 0 Å². The zero-order chi connectivity index (χ0) is 14.1. The van der Waals surface area contributed by atoms with Crippen LogP contribution in [-0.4, -0.2) is 21.7 Å². The predicted molar refractivity (Wildman–Crippen MR) is 78.4 cm³/mol. The average molecular weight is 273 g/mol. The van der Waals surface area contributed by atoms with Crippen molar-refractivity contribution < 1.29 is 4.42 Å². The highest BCUT2D eigenvalue weighted by Crippen LogP contribution is 2.34. The lowest BCUT2D eigenvalue weighted by Gasteiger charge is -2.30. The van der Waals surface area contributed by atoms with Crippen molar-refractivity contribution in [1.29, 1.82) is 0 Å². The molecule has 4 nitrogen and oxygen atoms in total. The van der Waals surface area contributed by atoms with E-state index in [9.17, 15) is 0 Å². The molecule has 4 heteroatoms. The summed E-state index contributed by atoms with van der Waals surface area (Å²) < 4.78 is 7.85. The molecular weight excluding hydrogens is 250 g/mol. The van der Waals surface area contributed by atoms with Crippen LogP contribution in [0.2, 0.25) is 0 Å². The Morgan fingerprint density at radius 1 is 1.40 bits per heavy atom. The molecular formula is C16H23N3O. The molecule has 2 aromatic heterocycles. The number of hydrogen-bond donors (Lipinski definition) is 0.